The third kappa shape index (κ3) is 2.55. The zero-order valence-electron chi connectivity index (χ0n) is 8.39. The Hall–Kier alpha value is -1.39. The highest BCUT2D eigenvalue weighted by Gasteiger charge is 2.05. The molecule has 0 radical (unpaired) electrons. The van der Waals surface area contributed by atoms with Crippen LogP contribution in [0, 0.1) is 0 Å². The van der Waals surface area contributed by atoms with E-state index in [-0.39, 0.29) is 0 Å². The summed E-state index contributed by atoms with van der Waals surface area (Å²) in [6.07, 6.45) is 1.32. The molecular formula is C11H14N2O2. The smallest absolute Gasteiger partial charge is 0.195 e. The molecule has 2 rings (SSSR count). The van der Waals surface area contributed by atoms with E-state index in [1.54, 1.807) is 0 Å². The van der Waals surface area contributed by atoms with Gasteiger partial charge in [-0.15, -0.1) is 0 Å². The van der Waals surface area contributed by atoms with Gasteiger partial charge in [0.25, 0.3) is 0 Å². The fourth-order valence-corrected chi connectivity index (χ4v) is 1.49. The number of benzene rings is 1. The molecule has 80 valence electrons. The Bertz CT molecular complexity index is 404. The Labute approximate surface area is 87.7 Å². The van der Waals surface area contributed by atoms with Crippen molar-refractivity contribution < 1.29 is 9.52 Å². The molecular weight excluding hydrogens is 192 g/mol. The quantitative estimate of drug-likeness (QED) is 0.742. The number of aryl methyl sites for hydroxylation is 1. The Morgan fingerprint density at radius 2 is 2.20 bits per heavy atom. The number of aromatic nitrogens is 1. The number of rotatable bonds is 4. The second-order valence-corrected chi connectivity index (χ2v) is 3.53. The topological polar surface area (TPSA) is 72.3 Å². The van der Waals surface area contributed by atoms with Gasteiger partial charge in [-0.1, -0.05) is 12.1 Å². The molecule has 2 aromatic rings. The monoisotopic (exact) mass is 206 g/mol. The number of hydrogen-bond acceptors (Lipinski definition) is 4. The molecule has 0 saturated heterocycles. The summed E-state index contributed by atoms with van der Waals surface area (Å²) >= 11 is 0. The van der Waals surface area contributed by atoms with E-state index in [2.05, 4.69) is 4.98 Å². The molecule has 4 heteroatoms. The molecule has 0 spiro atoms. The van der Waals surface area contributed by atoms with Gasteiger partial charge in [0.05, 0.1) is 0 Å². The molecule has 0 saturated carbocycles. The number of hydrogen-bond donors (Lipinski definition) is 2. The van der Waals surface area contributed by atoms with Crippen LogP contribution >= 0.6 is 0 Å². The number of aliphatic hydroxyl groups is 1. The highest BCUT2D eigenvalue weighted by Crippen LogP contribution is 2.15. The first-order valence-corrected chi connectivity index (χ1v) is 5.04. The molecule has 3 N–H and O–H groups in total. The summed E-state index contributed by atoms with van der Waals surface area (Å²) in [6, 6.07) is 7.66. The van der Waals surface area contributed by atoms with E-state index < -0.39 is 6.23 Å². The number of oxazole rings is 1. The Balaban J connectivity index is 2.03. The molecule has 1 unspecified atom stereocenters. The van der Waals surface area contributed by atoms with Crippen LogP contribution in [-0.4, -0.2) is 16.3 Å². The second kappa shape index (κ2) is 4.42. The summed E-state index contributed by atoms with van der Waals surface area (Å²) in [5, 5.41) is 8.90. The summed E-state index contributed by atoms with van der Waals surface area (Å²) in [6.45, 7) is 0. The van der Waals surface area contributed by atoms with Gasteiger partial charge < -0.3 is 15.3 Å². The average molecular weight is 206 g/mol. The number of nitrogens with zero attached hydrogens (tertiary/aromatic N) is 1. The maximum absolute atomic E-state index is 8.90. The number of para-hydroxylation sites is 2. The molecule has 4 nitrogen and oxygen atoms in total. The van der Waals surface area contributed by atoms with Crippen molar-refractivity contribution in [1.82, 2.24) is 4.98 Å². The molecule has 1 aromatic heterocycles. The zero-order chi connectivity index (χ0) is 10.7. The molecule has 0 aliphatic heterocycles. The first-order valence-electron chi connectivity index (χ1n) is 5.04. The van der Waals surface area contributed by atoms with E-state index >= 15 is 0 Å². The number of aliphatic hydroxyl groups excluding tert-OH is 1. The van der Waals surface area contributed by atoms with Gasteiger partial charge in [0.2, 0.25) is 0 Å². The highest BCUT2D eigenvalue weighted by atomic mass is 16.3. The first-order chi connectivity index (χ1) is 7.25. The van der Waals surface area contributed by atoms with Crippen LogP contribution in [0.3, 0.4) is 0 Å². The zero-order valence-corrected chi connectivity index (χ0v) is 8.39. The van der Waals surface area contributed by atoms with Gasteiger partial charge in [0.15, 0.2) is 11.5 Å². The van der Waals surface area contributed by atoms with Crippen molar-refractivity contribution in [3.8, 4) is 0 Å². The van der Waals surface area contributed by atoms with Crippen molar-refractivity contribution in [2.75, 3.05) is 0 Å². The number of fused-ring (bicyclic) bond motifs is 1. The molecule has 0 amide bonds. The molecule has 1 aromatic carbocycles. The molecule has 1 atom stereocenters. The largest absolute Gasteiger partial charge is 0.441 e. The molecule has 15 heavy (non-hydrogen) atoms. The van der Waals surface area contributed by atoms with Gasteiger partial charge in [-0.2, -0.15) is 0 Å². The molecule has 0 aliphatic rings. The van der Waals surface area contributed by atoms with Crippen LogP contribution in [-0.2, 0) is 6.42 Å². The number of nitrogens with two attached hydrogens (primary N) is 1. The molecule has 0 aliphatic carbocycles. The van der Waals surface area contributed by atoms with Crippen molar-refractivity contribution in [2.24, 2.45) is 5.73 Å². The standard InChI is InChI=1S/C11H14N2O2/c12-10(14)6-3-7-11-13-8-4-1-2-5-9(8)15-11/h1-2,4-5,10,14H,3,6-7,12H2. The maximum atomic E-state index is 8.90. The Kier molecular flexibility index (Phi) is 2.99. The van der Waals surface area contributed by atoms with Gasteiger partial charge in [0.1, 0.15) is 11.7 Å². The average Bonchev–Trinajstić information content (AvgIpc) is 2.59. The van der Waals surface area contributed by atoms with Crippen LogP contribution in [0.25, 0.3) is 11.1 Å². The van der Waals surface area contributed by atoms with Gasteiger partial charge in [0, 0.05) is 6.42 Å². The van der Waals surface area contributed by atoms with Gasteiger partial charge in [-0.05, 0) is 25.0 Å². The second-order valence-electron chi connectivity index (χ2n) is 3.53. The van der Waals surface area contributed by atoms with Crippen molar-refractivity contribution in [3.63, 3.8) is 0 Å². The molecule has 0 fully saturated rings. The fraction of sp³-hybridized carbons (Fsp3) is 0.364. The SMILES string of the molecule is NC(O)CCCc1nc2ccccc2o1. The van der Waals surface area contributed by atoms with Crippen LogP contribution in [0.1, 0.15) is 18.7 Å². The van der Waals surface area contributed by atoms with Crippen molar-refractivity contribution in [3.05, 3.63) is 30.2 Å². The summed E-state index contributed by atoms with van der Waals surface area (Å²) < 4.78 is 5.52. The van der Waals surface area contributed by atoms with E-state index in [0.717, 1.165) is 17.5 Å². The van der Waals surface area contributed by atoms with Crippen molar-refractivity contribution in [1.29, 1.82) is 0 Å². The van der Waals surface area contributed by atoms with Gasteiger partial charge in [-0.25, -0.2) is 4.98 Å². The van der Waals surface area contributed by atoms with Crippen LogP contribution in [0.2, 0.25) is 0 Å². The Morgan fingerprint density at radius 1 is 1.40 bits per heavy atom. The minimum atomic E-state index is -0.741. The van der Waals surface area contributed by atoms with E-state index in [9.17, 15) is 0 Å². The van der Waals surface area contributed by atoms with E-state index in [1.165, 1.54) is 0 Å². The van der Waals surface area contributed by atoms with E-state index in [4.69, 9.17) is 15.3 Å². The normalized spacial score (nSPS) is 13.2. The van der Waals surface area contributed by atoms with Gasteiger partial charge in [-0.3, -0.25) is 0 Å². The lowest BCUT2D eigenvalue weighted by atomic mass is 10.2. The minimum absolute atomic E-state index is 0.568. The van der Waals surface area contributed by atoms with Crippen molar-refractivity contribution >= 4 is 11.1 Å². The van der Waals surface area contributed by atoms with Crippen molar-refractivity contribution in [2.45, 2.75) is 25.5 Å². The summed E-state index contributed by atoms with van der Waals surface area (Å²) in [5.41, 5.74) is 6.92. The predicted octanol–water partition coefficient (Wildman–Crippen LogP) is 1.43. The van der Waals surface area contributed by atoms with E-state index in [0.29, 0.717) is 18.7 Å². The predicted molar refractivity (Wildman–Crippen MR) is 57.1 cm³/mol. The fourth-order valence-electron chi connectivity index (χ4n) is 1.49. The van der Waals surface area contributed by atoms with Crippen LogP contribution < -0.4 is 5.73 Å². The third-order valence-electron chi connectivity index (χ3n) is 2.23. The van der Waals surface area contributed by atoms with Crippen LogP contribution in [0.5, 0.6) is 0 Å². The summed E-state index contributed by atoms with van der Waals surface area (Å²) in [5.74, 6) is 0.705. The minimum Gasteiger partial charge on any atom is -0.441 e. The molecule has 1 heterocycles. The highest BCUT2D eigenvalue weighted by molar-refractivity contribution is 5.72. The van der Waals surface area contributed by atoms with Crippen LogP contribution in [0.4, 0.5) is 0 Å². The lowest BCUT2D eigenvalue weighted by molar-refractivity contribution is 0.168. The summed E-state index contributed by atoms with van der Waals surface area (Å²) in [4.78, 5) is 4.32. The maximum Gasteiger partial charge on any atom is 0.195 e. The lowest BCUT2D eigenvalue weighted by Crippen LogP contribution is -2.18. The Morgan fingerprint density at radius 3 is 2.93 bits per heavy atom. The third-order valence-corrected chi connectivity index (χ3v) is 2.23. The summed E-state index contributed by atoms with van der Waals surface area (Å²) in [7, 11) is 0. The lowest BCUT2D eigenvalue weighted by Gasteiger charge is -2.00. The molecule has 0 bridgehead atoms. The van der Waals surface area contributed by atoms with E-state index in [1.807, 2.05) is 24.3 Å². The first kappa shape index (κ1) is 10.1. The van der Waals surface area contributed by atoms with Crippen LogP contribution in [0.15, 0.2) is 28.7 Å². The van der Waals surface area contributed by atoms with Gasteiger partial charge >= 0.3 is 0 Å².